The topological polar surface area (TPSA) is 54.3 Å². The van der Waals surface area contributed by atoms with E-state index >= 15 is 0 Å². The normalized spacial score (nSPS) is 19.2. The summed E-state index contributed by atoms with van der Waals surface area (Å²) in [5, 5.41) is 2.50. The van der Waals surface area contributed by atoms with E-state index in [-0.39, 0.29) is 13.0 Å². The Kier molecular flexibility index (Phi) is 3.97. The number of halogens is 3. The van der Waals surface area contributed by atoms with Gasteiger partial charge in [-0.15, -0.1) is 0 Å². The summed E-state index contributed by atoms with van der Waals surface area (Å²) >= 11 is 0. The lowest BCUT2D eigenvalue weighted by atomic mass is 10.2. The molecule has 1 N–H and O–H groups in total. The second-order valence-electron chi connectivity index (χ2n) is 5.11. The summed E-state index contributed by atoms with van der Waals surface area (Å²) in [6, 6.07) is 2.47. The molecule has 1 fully saturated rings. The first-order chi connectivity index (χ1) is 9.69. The number of amides is 2. The highest BCUT2D eigenvalue weighted by molar-refractivity contribution is 5.97. The fourth-order valence-corrected chi connectivity index (χ4v) is 2.32. The van der Waals surface area contributed by atoms with Crippen LogP contribution in [0.5, 0.6) is 0 Å². The quantitative estimate of drug-likeness (QED) is 0.913. The zero-order valence-electron chi connectivity index (χ0n) is 11.7. The maximum Gasteiger partial charge on any atom is 0.406 e. The van der Waals surface area contributed by atoms with E-state index in [0.29, 0.717) is 5.69 Å². The van der Waals surface area contributed by atoms with Gasteiger partial charge in [0.1, 0.15) is 18.3 Å². The maximum atomic E-state index is 12.3. The molecule has 8 heteroatoms. The van der Waals surface area contributed by atoms with Crippen LogP contribution in [-0.4, -0.2) is 46.6 Å². The SMILES string of the molecule is Cc1ccc(C(=O)NC2CCN(CC(F)(F)F)C2=O)n1C. The highest BCUT2D eigenvalue weighted by Gasteiger charge is 2.39. The average molecular weight is 303 g/mol. The van der Waals surface area contributed by atoms with Crippen LogP contribution in [0.15, 0.2) is 12.1 Å². The minimum absolute atomic E-state index is 0.00451. The van der Waals surface area contributed by atoms with Crippen LogP contribution in [0.25, 0.3) is 0 Å². The minimum atomic E-state index is -4.43. The van der Waals surface area contributed by atoms with Crippen molar-refractivity contribution in [3.05, 3.63) is 23.5 Å². The van der Waals surface area contributed by atoms with Crippen LogP contribution in [0.3, 0.4) is 0 Å². The molecule has 1 aliphatic heterocycles. The zero-order chi connectivity index (χ0) is 15.8. The highest BCUT2D eigenvalue weighted by Crippen LogP contribution is 2.21. The van der Waals surface area contributed by atoms with Crippen LogP contribution in [0.2, 0.25) is 0 Å². The fraction of sp³-hybridized carbons (Fsp3) is 0.538. The maximum absolute atomic E-state index is 12.3. The molecule has 1 atom stereocenters. The van der Waals surface area contributed by atoms with E-state index < -0.39 is 30.6 Å². The van der Waals surface area contributed by atoms with Gasteiger partial charge in [-0.1, -0.05) is 0 Å². The Hall–Kier alpha value is -1.99. The van der Waals surface area contributed by atoms with Crippen molar-refractivity contribution in [2.24, 2.45) is 7.05 Å². The molecule has 2 amide bonds. The van der Waals surface area contributed by atoms with Crippen LogP contribution < -0.4 is 5.32 Å². The number of nitrogens with zero attached hydrogens (tertiary/aromatic N) is 2. The molecule has 0 radical (unpaired) electrons. The zero-order valence-corrected chi connectivity index (χ0v) is 11.7. The Bertz CT molecular complexity index is 565. The Labute approximate surface area is 119 Å². The van der Waals surface area contributed by atoms with Gasteiger partial charge in [0.25, 0.3) is 5.91 Å². The lowest BCUT2D eigenvalue weighted by Crippen LogP contribution is -2.44. The fourth-order valence-electron chi connectivity index (χ4n) is 2.32. The summed E-state index contributed by atoms with van der Waals surface area (Å²) in [7, 11) is 1.71. The van der Waals surface area contributed by atoms with Crippen LogP contribution in [-0.2, 0) is 11.8 Å². The van der Waals surface area contributed by atoms with Gasteiger partial charge in [0.2, 0.25) is 5.91 Å². The Morgan fingerprint density at radius 2 is 2.10 bits per heavy atom. The van der Waals surface area contributed by atoms with Crippen LogP contribution in [0.4, 0.5) is 13.2 Å². The highest BCUT2D eigenvalue weighted by atomic mass is 19.4. The lowest BCUT2D eigenvalue weighted by molar-refractivity contribution is -0.157. The molecule has 1 aromatic rings. The van der Waals surface area contributed by atoms with Crippen molar-refractivity contribution in [2.75, 3.05) is 13.1 Å². The van der Waals surface area contributed by atoms with Gasteiger partial charge in [-0.25, -0.2) is 0 Å². The number of hydrogen-bond acceptors (Lipinski definition) is 2. The van der Waals surface area contributed by atoms with Crippen molar-refractivity contribution in [1.29, 1.82) is 0 Å². The second-order valence-corrected chi connectivity index (χ2v) is 5.11. The Morgan fingerprint density at radius 3 is 2.62 bits per heavy atom. The number of rotatable bonds is 3. The number of hydrogen-bond donors (Lipinski definition) is 1. The van der Waals surface area contributed by atoms with Gasteiger partial charge < -0.3 is 14.8 Å². The van der Waals surface area contributed by atoms with Crippen LogP contribution in [0, 0.1) is 6.92 Å². The van der Waals surface area contributed by atoms with Crippen molar-refractivity contribution >= 4 is 11.8 Å². The van der Waals surface area contributed by atoms with Crippen molar-refractivity contribution < 1.29 is 22.8 Å². The number of carbonyl (C=O) groups excluding carboxylic acids is 2. The van der Waals surface area contributed by atoms with E-state index in [2.05, 4.69) is 5.32 Å². The van der Waals surface area contributed by atoms with E-state index in [0.717, 1.165) is 10.6 Å². The molecule has 5 nitrogen and oxygen atoms in total. The van der Waals surface area contributed by atoms with Gasteiger partial charge >= 0.3 is 6.18 Å². The van der Waals surface area contributed by atoms with Gasteiger partial charge in [0.05, 0.1) is 0 Å². The number of likely N-dealkylation sites (tertiary alicyclic amines) is 1. The van der Waals surface area contributed by atoms with E-state index in [1.54, 1.807) is 23.7 Å². The van der Waals surface area contributed by atoms with Crippen molar-refractivity contribution in [3.63, 3.8) is 0 Å². The minimum Gasteiger partial charge on any atom is -0.344 e. The predicted octanol–water partition coefficient (Wildman–Crippen LogP) is 1.23. The van der Waals surface area contributed by atoms with Crippen molar-refractivity contribution in [1.82, 2.24) is 14.8 Å². The molecule has 1 aromatic heterocycles. The smallest absolute Gasteiger partial charge is 0.344 e. The number of nitrogens with one attached hydrogen (secondary N) is 1. The molecule has 1 saturated heterocycles. The average Bonchev–Trinajstić information content (AvgIpc) is 2.86. The third kappa shape index (κ3) is 3.37. The van der Waals surface area contributed by atoms with E-state index in [1.165, 1.54) is 0 Å². The number of aromatic nitrogens is 1. The number of alkyl halides is 3. The molecule has 1 unspecified atom stereocenters. The molecular formula is C13H16F3N3O2. The molecule has 0 spiro atoms. The van der Waals surface area contributed by atoms with E-state index in [9.17, 15) is 22.8 Å². The van der Waals surface area contributed by atoms with Crippen molar-refractivity contribution in [2.45, 2.75) is 25.6 Å². The summed E-state index contributed by atoms with van der Waals surface area (Å²) in [5.74, 6) is -1.15. The standard InChI is InChI=1S/C13H16F3N3O2/c1-8-3-4-10(18(8)2)11(20)17-9-5-6-19(12(9)21)7-13(14,15)16/h3-4,9H,5-7H2,1-2H3,(H,17,20). The van der Waals surface area contributed by atoms with E-state index in [4.69, 9.17) is 0 Å². The molecule has 1 aliphatic rings. The second kappa shape index (κ2) is 5.42. The molecule has 2 heterocycles. The first kappa shape index (κ1) is 15.4. The molecular weight excluding hydrogens is 287 g/mol. The summed E-state index contributed by atoms with van der Waals surface area (Å²) in [4.78, 5) is 24.6. The first-order valence-corrected chi connectivity index (χ1v) is 6.48. The predicted molar refractivity (Wildman–Crippen MR) is 68.7 cm³/mol. The lowest BCUT2D eigenvalue weighted by Gasteiger charge is -2.18. The number of aryl methyl sites for hydroxylation is 1. The van der Waals surface area contributed by atoms with Crippen molar-refractivity contribution in [3.8, 4) is 0 Å². The molecule has 21 heavy (non-hydrogen) atoms. The third-order valence-electron chi connectivity index (χ3n) is 3.58. The molecule has 0 saturated carbocycles. The van der Waals surface area contributed by atoms with Gasteiger partial charge in [-0.3, -0.25) is 9.59 Å². The molecule has 2 rings (SSSR count). The summed E-state index contributed by atoms with van der Waals surface area (Å²) < 4.78 is 38.6. The molecule has 0 aromatic carbocycles. The van der Waals surface area contributed by atoms with Crippen LogP contribution >= 0.6 is 0 Å². The van der Waals surface area contributed by atoms with Gasteiger partial charge in [-0.2, -0.15) is 13.2 Å². The monoisotopic (exact) mass is 303 g/mol. The van der Waals surface area contributed by atoms with Gasteiger partial charge in [0, 0.05) is 19.3 Å². The first-order valence-electron chi connectivity index (χ1n) is 6.48. The summed E-state index contributed by atoms with van der Waals surface area (Å²) in [6.07, 6.45) is -4.24. The largest absolute Gasteiger partial charge is 0.406 e. The summed E-state index contributed by atoms with van der Waals surface area (Å²) in [6.45, 7) is 0.541. The number of carbonyl (C=O) groups is 2. The van der Waals surface area contributed by atoms with Gasteiger partial charge in [0.15, 0.2) is 0 Å². The Balaban J connectivity index is 2.00. The summed E-state index contributed by atoms with van der Waals surface area (Å²) in [5.41, 5.74) is 1.24. The molecule has 0 bridgehead atoms. The van der Waals surface area contributed by atoms with E-state index in [1.807, 2.05) is 6.92 Å². The van der Waals surface area contributed by atoms with Crippen LogP contribution in [0.1, 0.15) is 22.6 Å². The Morgan fingerprint density at radius 1 is 1.43 bits per heavy atom. The third-order valence-corrected chi connectivity index (χ3v) is 3.58. The molecule has 0 aliphatic carbocycles. The van der Waals surface area contributed by atoms with Gasteiger partial charge in [-0.05, 0) is 25.5 Å². The molecule has 116 valence electrons.